The molecule has 0 heterocycles. The maximum Gasteiger partial charge on any atom is 0.0406 e. The van der Waals surface area contributed by atoms with Crippen molar-refractivity contribution in [3.63, 3.8) is 0 Å². The van der Waals surface area contributed by atoms with Crippen LogP contribution in [0.2, 0.25) is 5.02 Å². The molecule has 1 nitrogen and oxygen atoms in total. The van der Waals surface area contributed by atoms with Crippen molar-refractivity contribution in [2.24, 2.45) is 11.8 Å². The molecule has 0 aromatic heterocycles. The average molecular weight is 280 g/mol. The summed E-state index contributed by atoms with van der Waals surface area (Å²) in [7, 11) is 4.45. The minimum Gasteiger partial charge on any atom is -0.306 e. The Balaban J connectivity index is 2.09. The van der Waals surface area contributed by atoms with Crippen molar-refractivity contribution >= 4 is 11.6 Å². The van der Waals surface area contributed by atoms with Crippen molar-refractivity contribution in [2.45, 2.75) is 45.1 Å². The molecule has 2 heteroatoms. The summed E-state index contributed by atoms with van der Waals surface area (Å²) in [5.41, 5.74) is 1.47. The second kappa shape index (κ2) is 6.28. The van der Waals surface area contributed by atoms with Gasteiger partial charge in [0.1, 0.15) is 0 Å². The Morgan fingerprint density at radius 1 is 1.16 bits per heavy atom. The van der Waals surface area contributed by atoms with Crippen LogP contribution in [-0.4, -0.2) is 25.0 Å². The van der Waals surface area contributed by atoms with Gasteiger partial charge < -0.3 is 4.90 Å². The summed E-state index contributed by atoms with van der Waals surface area (Å²) < 4.78 is 0. The van der Waals surface area contributed by atoms with E-state index in [-0.39, 0.29) is 0 Å². The normalized spacial score (nSPS) is 24.6. The maximum absolute atomic E-state index is 5.99. The Morgan fingerprint density at radius 3 is 2.21 bits per heavy atom. The fourth-order valence-electron chi connectivity index (χ4n) is 3.36. The van der Waals surface area contributed by atoms with E-state index in [1.165, 1.54) is 24.8 Å². The molecule has 1 aromatic carbocycles. The molecular weight excluding hydrogens is 254 g/mol. The Bertz CT molecular complexity index is 396. The van der Waals surface area contributed by atoms with Gasteiger partial charge in [-0.05, 0) is 68.8 Å². The SMILES string of the molecule is CC(C)CC(C1CCC1c1ccc(Cl)cc1)N(C)C. The van der Waals surface area contributed by atoms with Crippen molar-refractivity contribution in [3.05, 3.63) is 34.9 Å². The van der Waals surface area contributed by atoms with Crippen LogP contribution in [0.1, 0.15) is 44.6 Å². The molecule has 1 aliphatic carbocycles. The Kier molecular flexibility index (Phi) is 4.92. The lowest BCUT2D eigenvalue weighted by atomic mass is 9.65. The van der Waals surface area contributed by atoms with Gasteiger partial charge in [-0.3, -0.25) is 0 Å². The summed E-state index contributed by atoms with van der Waals surface area (Å²) in [5, 5.41) is 0.839. The third kappa shape index (κ3) is 3.52. The molecule has 1 aliphatic rings. The Labute approximate surface area is 123 Å². The van der Waals surface area contributed by atoms with E-state index in [4.69, 9.17) is 11.6 Å². The topological polar surface area (TPSA) is 3.24 Å². The first-order valence-electron chi connectivity index (χ1n) is 7.41. The van der Waals surface area contributed by atoms with Crippen LogP contribution in [0.15, 0.2) is 24.3 Å². The number of benzene rings is 1. The number of rotatable bonds is 5. The number of hydrogen-bond acceptors (Lipinski definition) is 1. The van der Waals surface area contributed by atoms with Crippen LogP contribution in [0.4, 0.5) is 0 Å². The molecule has 0 radical (unpaired) electrons. The maximum atomic E-state index is 5.99. The van der Waals surface area contributed by atoms with E-state index < -0.39 is 0 Å². The predicted octanol–water partition coefficient (Wildman–Crippen LogP) is 4.81. The molecule has 0 aliphatic heterocycles. The highest BCUT2D eigenvalue weighted by molar-refractivity contribution is 6.30. The minimum absolute atomic E-state index is 0.703. The summed E-state index contributed by atoms with van der Waals surface area (Å²) in [6.07, 6.45) is 3.99. The van der Waals surface area contributed by atoms with E-state index in [0.29, 0.717) is 6.04 Å². The van der Waals surface area contributed by atoms with E-state index in [0.717, 1.165) is 22.8 Å². The highest BCUT2D eigenvalue weighted by Gasteiger charge is 2.38. The second-order valence-corrected chi connectivity index (χ2v) is 7.00. The van der Waals surface area contributed by atoms with Gasteiger partial charge in [0.2, 0.25) is 0 Å². The fraction of sp³-hybridized carbons (Fsp3) is 0.647. The summed E-state index contributed by atoms with van der Waals surface area (Å²) in [6, 6.07) is 9.18. The van der Waals surface area contributed by atoms with Gasteiger partial charge in [0.15, 0.2) is 0 Å². The average Bonchev–Trinajstić information content (AvgIpc) is 2.29. The molecule has 0 N–H and O–H groups in total. The second-order valence-electron chi connectivity index (χ2n) is 6.56. The summed E-state index contributed by atoms with van der Waals surface area (Å²) in [6.45, 7) is 4.65. The predicted molar refractivity (Wildman–Crippen MR) is 83.8 cm³/mol. The van der Waals surface area contributed by atoms with Crippen LogP contribution in [0.25, 0.3) is 0 Å². The van der Waals surface area contributed by atoms with Gasteiger partial charge in [-0.2, -0.15) is 0 Å². The van der Waals surface area contributed by atoms with Crippen molar-refractivity contribution in [2.75, 3.05) is 14.1 Å². The van der Waals surface area contributed by atoms with Gasteiger partial charge in [0.05, 0.1) is 0 Å². The molecule has 2 rings (SSSR count). The Hall–Kier alpha value is -0.530. The van der Waals surface area contributed by atoms with Crippen LogP contribution in [0.5, 0.6) is 0 Å². The third-order valence-corrected chi connectivity index (χ3v) is 4.75. The van der Waals surface area contributed by atoms with Crippen LogP contribution in [0, 0.1) is 11.8 Å². The van der Waals surface area contributed by atoms with E-state index in [9.17, 15) is 0 Å². The molecule has 0 saturated heterocycles. The van der Waals surface area contributed by atoms with E-state index in [1.54, 1.807) is 0 Å². The van der Waals surface area contributed by atoms with Crippen molar-refractivity contribution in [3.8, 4) is 0 Å². The van der Waals surface area contributed by atoms with Crippen molar-refractivity contribution in [1.29, 1.82) is 0 Å². The van der Waals surface area contributed by atoms with Gasteiger partial charge in [-0.1, -0.05) is 37.6 Å². The standard InChI is InChI=1S/C17H26ClN/c1-12(2)11-17(19(3)4)16-10-9-15(16)13-5-7-14(18)8-6-13/h5-8,12,15-17H,9-11H2,1-4H3. The van der Waals surface area contributed by atoms with Crippen LogP contribution in [0.3, 0.4) is 0 Å². The van der Waals surface area contributed by atoms with Crippen molar-refractivity contribution in [1.82, 2.24) is 4.90 Å². The number of hydrogen-bond donors (Lipinski definition) is 0. The van der Waals surface area contributed by atoms with Crippen molar-refractivity contribution < 1.29 is 0 Å². The molecule has 3 unspecified atom stereocenters. The zero-order valence-electron chi connectivity index (χ0n) is 12.6. The molecule has 1 fully saturated rings. The lowest BCUT2D eigenvalue weighted by Crippen LogP contribution is -2.43. The van der Waals surface area contributed by atoms with E-state index in [1.807, 2.05) is 12.1 Å². The molecule has 1 saturated carbocycles. The Morgan fingerprint density at radius 2 is 1.79 bits per heavy atom. The molecule has 3 atom stereocenters. The molecule has 19 heavy (non-hydrogen) atoms. The zero-order chi connectivity index (χ0) is 14.0. The van der Waals surface area contributed by atoms with Gasteiger partial charge in [-0.25, -0.2) is 0 Å². The molecule has 0 amide bonds. The monoisotopic (exact) mass is 279 g/mol. The quantitative estimate of drug-likeness (QED) is 0.748. The highest BCUT2D eigenvalue weighted by Crippen LogP contribution is 2.46. The van der Waals surface area contributed by atoms with Crippen LogP contribution < -0.4 is 0 Å². The largest absolute Gasteiger partial charge is 0.306 e. The first-order chi connectivity index (χ1) is 8.99. The smallest absolute Gasteiger partial charge is 0.0406 e. The molecule has 106 valence electrons. The first kappa shape index (κ1) is 14.9. The van der Waals surface area contributed by atoms with E-state index in [2.05, 4.69) is 45.0 Å². The molecular formula is C17H26ClN. The summed E-state index contributed by atoms with van der Waals surface area (Å²) in [4.78, 5) is 2.42. The van der Waals surface area contributed by atoms with E-state index >= 15 is 0 Å². The minimum atomic E-state index is 0.703. The van der Waals surface area contributed by atoms with Gasteiger partial charge in [-0.15, -0.1) is 0 Å². The van der Waals surface area contributed by atoms with Crippen LogP contribution in [-0.2, 0) is 0 Å². The molecule has 0 bridgehead atoms. The lowest BCUT2D eigenvalue weighted by molar-refractivity contribution is 0.0968. The van der Waals surface area contributed by atoms with Gasteiger partial charge >= 0.3 is 0 Å². The zero-order valence-corrected chi connectivity index (χ0v) is 13.3. The third-order valence-electron chi connectivity index (χ3n) is 4.50. The summed E-state index contributed by atoms with van der Waals surface area (Å²) in [5.74, 6) is 2.29. The fourth-order valence-corrected chi connectivity index (χ4v) is 3.49. The summed E-state index contributed by atoms with van der Waals surface area (Å²) >= 11 is 5.99. The first-order valence-corrected chi connectivity index (χ1v) is 7.78. The van der Waals surface area contributed by atoms with Gasteiger partial charge in [0, 0.05) is 11.1 Å². The number of nitrogens with zero attached hydrogens (tertiary/aromatic N) is 1. The number of halogens is 1. The molecule has 0 spiro atoms. The molecule has 1 aromatic rings. The van der Waals surface area contributed by atoms with Gasteiger partial charge in [0.25, 0.3) is 0 Å². The highest BCUT2D eigenvalue weighted by atomic mass is 35.5. The lowest BCUT2D eigenvalue weighted by Gasteiger charge is -2.45. The van der Waals surface area contributed by atoms with Crippen LogP contribution >= 0.6 is 11.6 Å².